The van der Waals surface area contributed by atoms with Gasteiger partial charge in [0, 0.05) is 7.11 Å². The van der Waals surface area contributed by atoms with Crippen LogP contribution in [-0.2, 0) is 18.6 Å². The Bertz CT molecular complexity index is 182. The molecule has 12 heavy (non-hydrogen) atoms. The molecule has 0 aromatic carbocycles. The molecule has 0 bridgehead atoms. The molecule has 0 heterocycles. The molecule has 1 atom stereocenters. The number of carbonyl (C=O) groups excluding carboxylic acids is 1. The lowest BCUT2D eigenvalue weighted by atomic mass is 10.2. The zero-order valence-corrected chi connectivity index (χ0v) is 8.84. The van der Waals surface area contributed by atoms with Crippen molar-refractivity contribution in [2.45, 2.75) is 26.4 Å². The van der Waals surface area contributed by atoms with Crippen LogP contribution in [0.4, 0.5) is 0 Å². The first kappa shape index (κ1) is 11.7. The van der Waals surface area contributed by atoms with E-state index < -0.39 is 19.6 Å². The van der Waals surface area contributed by atoms with Gasteiger partial charge in [-0.15, -0.1) is 0 Å². The van der Waals surface area contributed by atoms with Crippen molar-refractivity contribution in [1.82, 2.24) is 0 Å². The Morgan fingerprint density at radius 3 is 2.25 bits per heavy atom. The SMILES string of the molecule is CO[PH](=O)CC(=O)OC(C)(C)C. The molecule has 0 amide bonds. The standard InChI is InChI=1S/C7H15O4P/c1-7(2,3)11-6(8)5-12(9)10-4/h12H,5H2,1-4H3. The van der Waals surface area contributed by atoms with E-state index >= 15 is 0 Å². The number of esters is 1. The summed E-state index contributed by atoms with van der Waals surface area (Å²) < 4.78 is 20.2. The van der Waals surface area contributed by atoms with Gasteiger partial charge in [0.25, 0.3) is 0 Å². The second-order valence-electron chi connectivity index (χ2n) is 3.34. The summed E-state index contributed by atoms with van der Waals surface area (Å²) in [7, 11) is -0.913. The van der Waals surface area contributed by atoms with E-state index in [1.54, 1.807) is 20.8 Å². The second kappa shape index (κ2) is 4.63. The van der Waals surface area contributed by atoms with Crippen LogP contribution < -0.4 is 0 Å². The Hall–Kier alpha value is -0.340. The molecule has 0 saturated heterocycles. The Morgan fingerprint density at radius 2 is 1.92 bits per heavy atom. The van der Waals surface area contributed by atoms with Gasteiger partial charge in [-0.05, 0) is 20.8 Å². The van der Waals surface area contributed by atoms with E-state index in [-0.39, 0.29) is 6.16 Å². The Labute approximate surface area is 73.1 Å². The highest BCUT2D eigenvalue weighted by Gasteiger charge is 2.17. The average Bonchev–Trinajstić information content (AvgIpc) is 1.82. The first-order chi connectivity index (χ1) is 5.35. The molecule has 0 fully saturated rings. The summed E-state index contributed by atoms with van der Waals surface area (Å²) in [6.45, 7) is 5.28. The number of hydrogen-bond acceptors (Lipinski definition) is 4. The minimum absolute atomic E-state index is 0.140. The molecule has 5 heteroatoms. The molecule has 1 unspecified atom stereocenters. The maximum absolute atomic E-state index is 11.0. The van der Waals surface area contributed by atoms with Crippen molar-refractivity contribution in [1.29, 1.82) is 0 Å². The summed E-state index contributed by atoms with van der Waals surface area (Å²) in [5, 5.41) is 0. The molecule has 0 aromatic heterocycles. The number of hydrogen-bond donors (Lipinski definition) is 0. The zero-order chi connectivity index (χ0) is 9.78. The minimum Gasteiger partial charge on any atom is -0.460 e. The quantitative estimate of drug-likeness (QED) is 0.504. The lowest BCUT2D eigenvalue weighted by Gasteiger charge is -2.18. The van der Waals surface area contributed by atoms with Crippen LogP contribution >= 0.6 is 8.03 Å². The van der Waals surface area contributed by atoms with Crippen molar-refractivity contribution < 1.29 is 18.6 Å². The van der Waals surface area contributed by atoms with Crippen molar-refractivity contribution in [2.75, 3.05) is 13.3 Å². The van der Waals surface area contributed by atoms with Gasteiger partial charge in [-0.1, -0.05) is 0 Å². The number of carbonyl (C=O) groups is 1. The van der Waals surface area contributed by atoms with Gasteiger partial charge >= 0.3 is 5.97 Å². The van der Waals surface area contributed by atoms with Gasteiger partial charge in [-0.25, -0.2) is 0 Å². The zero-order valence-electron chi connectivity index (χ0n) is 7.84. The molecule has 0 saturated carbocycles. The number of rotatable bonds is 3. The van der Waals surface area contributed by atoms with Crippen LogP contribution in [0.2, 0.25) is 0 Å². The van der Waals surface area contributed by atoms with E-state index in [9.17, 15) is 9.36 Å². The summed E-state index contributed by atoms with van der Waals surface area (Å²) in [4.78, 5) is 11.0. The van der Waals surface area contributed by atoms with E-state index in [2.05, 4.69) is 4.52 Å². The Morgan fingerprint density at radius 1 is 1.42 bits per heavy atom. The number of ether oxygens (including phenoxy) is 1. The second-order valence-corrected chi connectivity index (χ2v) is 4.85. The minimum atomic E-state index is -2.22. The van der Waals surface area contributed by atoms with E-state index in [1.807, 2.05) is 0 Å². The van der Waals surface area contributed by atoms with Crippen LogP contribution in [0.15, 0.2) is 0 Å². The Kier molecular flexibility index (Phi) is 4.50. The smallest absolute Gasteiger partial charge is 0.315 e. The molecule has 0 aromatic rings. The molecule has 4 nitrogen and oxygen atoms in total. The highest BCUT2D eigenvalue weighted by Crippen LogP contribution is 2.21. The summed E-state index contributed by atoms with van der Waals surface area (Å²) in [6, 6.07) is 0. The van der Waals surface area contributed by atoms with Gasteiger partial charge < -0.3 is 9.26 Å². The maximum atomic E-state index is 11.0. The predicted molar refractivity (Wildman–Crippen MR) is 46.7 cm³/mol. The van der Waals surface area contributed by atoms with Crippen molar-refractivity contribution in [3.63, 3.8) is 0 Å². The van der Waals surface area contributed by atoms with Crippen molar-refractivity contribution >= 4 is 14.0 Å². The van der Waals surface area contributed by atoms with E-state index in [4.69, 9.17) is 4.74 Å². The van der Waals surface area contributed by atoms with Crippen molar-refractivity contribution in [2.24, 2.45) is 0 Å². The van der Waals surface area contributed by atoms with Gasteiger partial charge in [-0.2, -0.15) is 0 Å². The molecule has 0 spiro atoms. The molecule has 0 aliphatic carbocycles. The molecule has 0 rings (SSSR count). The van der Waals surface area contributed by atoms with Crippen molar-refractivity contribution in [3.05, 3.63) is 0 Å². The lowest BCUT2D eigenvalue weighted by molar-refractivity contribution is -0.151. The molecular formula is C7H15O4P. The average molecular weight is 194 g/mol. The molecule has 0 radical (unpaired) electrons. The molecular weight excluding hydrogens is 179 g/mol. The molecule has 0 aliphatic rings. The maximum Gasteiger partial charge on any atom is 0.315 e. The largest absolute Gasteiger partial charge is 0.460 e. The summed E-state index contributed by atoms with van der Waals surface area (Å²) in [5.74, 6) is -0.478. The third kappa shape index (κ3) is 6.38. The highest BCUT2D eigenvalue weighted by molar-refractivity contribution is 7.40. The van der Waals surface area contributed by atoms with Gasteiger partial charge in [0.15, 0.2) is 0 Å². The van der Waals surface area contributed by atoms with E-state index in [0.29, 0.717) is 0 Å². The van der Waals surface area contributed by atoms with Crippen LogP contribution in [0.3, 0.4) is 0 Å². The monoisotopic (exact) mass is 194 g/mol. The molecule has 72 valence electrons. The predicted octanol–water partition coefficient (Wildman–Crippen LogP) is 1.45. The van der Waals surface area contributed by atoms with Crippen LogP contribution in [0.5, 0.6) is 0 Å². The highest BCUT2D eigenvalue weighted by atomic mass is 31.1. The van der Waals surface area contributed by atoms with Crippen molar-refractivity contribution in [3.8, 4) is 0 Å². The van der Waals surface area contributed by atoms with Crippen LogP contribution in [-0.4, -0.2) is 24.8 Å². The third-order valence-corrected chi connectivity index (χ3v) is 1.97. The summed E-state index contributed by atoms with van der Waals surface area (Å²) in [5.41, 5.74) is -0.521. The first-order valence-electron chi connectivity index (χ1n) is 3.64. The summed E-state index contributed by atoms with van der Waals surface area (Å²) >= 11 is 0. The molecule has 0 N–H and O–H groups in total. The van der Waals surface area contributed by atoms with Crippen LogP contribution in [0.1, 0.15) is 20.8 Å². The van der Waals surface area contributed by atoms with Gasteiger partial charge in [0.05, 0.1) is 0 Å². The Balaban J connectivity index is 3.83. The fourth-order valence-corrected chi connectivity index (χ4v) is 1.02. The normalized spacial score (nSPS) is 14.0. The van der Waals surface area contributed by atoms with E-state index in [0.717, 1.165) is 0 Å². The molecule has 0 aliphatic heterocycles. The first-order valence-corrected chi connectivity index (χ1v) is 5.16. The van der Waals surface area contributed by atoms with Crippen LogP contribution in [0.25, 0.3) is 0 Å². The summed E-state index contributed by atoms with van der Waals surface area (Å²) in [6.07, 6.45) is -0.140. The van der Waals surface area contributed by atoms with E-state index in [1.165, 1.54) is 7.11 Å². The van der Waals surface area contributed by atoms with Crippen LogP contribution in [0, 0.1) is 0 Å². The van der Waals surface area contributed by atoms with Gasteiger partial charge in [0.1, 0.15) is 11.8 Å². The topological polar surface area (TPSA) is 52.6 Å². The fraction of sp³-hybridized carbons (Fsp3) is 0.857. The van der Waals surface area contributed by atoms with Gasteiger partial charge in [0.2, 0.25) is 8.03 Å². The lowest BCUT2D eigenvalue weighted by Crippen LogP contribution is -2.24. The third-order valence-electron chi connectivity index (χ3n) is 0.936. The van der Waals surface area contributed by atoms with Gasteiger partial charge in [-0.3, -0.25) is 9.36 Å². The fourth-order valence-electron chi connectivity index (χ4n) is 0.568.